The molecule has 0 bridgehead atoms. The maximum atomic E-state index is 13.4. The highest BCUT2D eigenvalue weighted by molar-refractivity contribution is 6.51. The van der Waals surface area contributed by atoms with Crippen LogP contribution in [0.3, 0.4) is 0 Å². The Labute approximate surface area is 212 Å². The Kier molecular flexibility index (Phi) is 6.27. The lowest BCUT2D eigenvalue weighted by atomic mass is 9.95. The van der Waals surface area contributed by atoms with Gasteiger partial charge in [-0.25, -0.2) is 4.79 Å². The van der Waals surface area contributed by atoms with Gasteiger partial charge >= 0.3 is 5.97 Å². The smallest absolute Gasteiger partial charge is 0.338 e. The Morgan fingerprint density at radius 2 is 1.76 bits per heavy atom. The van der Waals surface area contributed by atoms with E-state index in [0.29, 0.717) is 34.1 Å². The summed E-state index contributed by atoms with van der Waals surface area (Å²) in [6.07, 6.45) is 0. The fourth-order valence-electron chi connectivity index (χ4n) is 4.40. The van der Waals surface area contributed by atoms with Crippen molar-refractivity contribution in [3.63, 3.8) is 0 Å². The number of rotatable bonds is 6. The summed E-state index contributed by atoms with van der Waals surface area (Å²) in [5, 5.41) is 11.3. The fourth-order valence-corrected chi connectivity index (χ4v) is 4.40. The Bertz CT molecular complexity index is 1430. The number of Topliss-reactive ketones (excluding diaryl/α,β-unsaturated/α-hetero) is 1. The van der Waals surface area contributed by atoms with Gasteiger partial charge in [-0.15, -0.1) is 0 Å². The van der Waals surface area contributed by atoms with Gasteiger partial charge in [0.25, 0.3) is 11.7 Å². The van der Waals surface area contributed by atoms with Crippen molar-refractivity contribution in [2.24, 2.45) is 0 Å². The summed E-state index contributed by atoms with van der Waals surface area (Å²) in [6, 6.07) is 16.9. The molecule has 2 heterocycles. The van der Waals surface area contributed by atoms with E-state index in [2.05, 4.69) is 0 Å². The normalized spacial score (nSPS) is 17.7. The molecular formula is C28H23NO8. The lowest BCUT2D eigenvalue weighted by Gasteiger charge is -2.26. The molecule has 1 N–H and O–H groups in total. The summed E-state index contributed by atoms with van der Waals surface area (Å²) < 4.78 is 21.1. The number of aliphatic hydroxyl groups excluding tert-OH is 1. The molecule has 188 valence electrons. The summed E-state index contributed by atoms with van der Waals surface area (Å²) in [6.45, 7) is 1.93. The molecule has 1 atom stereocenters. The number of ether oxygens (including phenoxy) is 4. The molecule has 3 aromatic carbocycles. The molecule has 0 spiro atoms. The van der Waals surface area contributed by atoms with Crippen LogP contribution in [0.2, 0.25) is 0 Å². The number of methoxy groups -OCH3 is 1. The van der Waals surface area contributed by atoms with E-state index in [4.69, 9.17) is 18.9 Å². The van der Waals surface area contributed by atoms with Crippen molar-refractivity contribution < 1.29 is 38.4 Å². The standard InChI is InChI=1S/C28H23NO8/c1-3-35-28(33)18-5-4-6-19(13-18)29-24(16-7-10-20(34-2)11-8-16)23(26(31)27(29)32)25(30)17-9-12-21-22(14-17)37-15-36-21/h4-14,24,30H,3,15H2,1-2H3/b25-23-. The Hall–Kier alpha value is -4.79. The van der Waals surface area contributed by atoms with Gasteiger partial charge in [0.05, 0.1) is 30.9 Å². The molecule has 0 aromatic heterocycles. The number of amides is 1. The number of esters is 1. The predicted molar refractivity (Wildman–Crippen MR) is 133 cm³/mol. The topological polar surface area (TPSA) is 112 Å². The number of nitrogens with zero attached hydrogens (tertiary/aromatic N) is 1. The number of carbonyl (C=O) groups excluding carboxylic acids is 3. The van der Waals surface area contributed by atoms with Gasteiger partial charge in [-0.1, -0.05) is 18.2 Å². The number of carbonyl (C=O) groups is 3. The third-order valence-corrected chi connectivity index (χ3v) is 6.16. The number of benzene rings is 3. The zero-order chi connectivity index (χ0) is 26.1. The highest BCUT2D eigenvalue weighted by Gasteiger charge is 2.47. The Morgan fingerprint density at radius 1 is 1.00 bits per heavy atom. The second-order valence-electron chi connectivity index (χ2n) is 8.28. The summed E-state index contributed by atoms with van der Waals surface area (Å²) in [5.74, 6) is -1.10. The Morgan fingerprint density at radius 3 is 2.49 bits per heavy atom. The minimum Gasteiger partial charge on any atom is -0.507 e. The van der Waals surface area contributed by atoms with Crippen molar-refractivity contribution in [2.75, 3.05) is 25.4 Å². The number of aliphatic hydroxyl groups is 1. The fraction of sp³-hybridized carbons (Fsp3) is 0.179. The first-order valence-corrected chi connectivity index (χ1v) is 11.5. The first-order chi connectivity index (χ1) is 17.9. The minimum absolute atomic E-state index is 0.0482. The number of ketones is 1. The molecule has 1 amide bonds. The number of hydrogen-bond acceptors (Lipinski definition) is 8. The number of fused-ring (bicyclic) bond motifs is 1. The average molecular weight is 501 g/mol. The highest BCUT2D eigenvalue weighted by Crippen LogP contribution is 2.44. The van der Waals surface area contributed by atoms with Gasteiger partial charge in [0.2, 0.25) is 6.79 Å². The van der Waals surface area contributed by atoms with Crippen LogP contribution < -0.4 is 19.1 Å². The number of hydrogen-bond donors (Lipinski definition) is 1. The van der Waals surface area contributed by atoms with Crippen LogP contribution in [0.5, 0.6) is 17.2 Å². The summed E-state index contributed by atoms with van der Waals surface area (Å²) in [4.78, 5) is 40.4. The molecule has 5 rings (SSSR count). The molecule has 0 aliphatic carbocycles. The van der Waals surface area contributed by atoms with E-state index in [0.717, 1.165) is 0 Å². The lowest BCUT2D eigenvalue weighted by Crippen LogP contribution is -2.29. The first-order valence-electron chi connectivity index (χ1n) is 11.5. The van der Waals surface area contributed by atoms with E-state index in [1.165, 1.54) is 18.1 Å². The van der Waals surface area contributed by atoms with Crippen molar-refractivity contribution in [1.82, 2.24) is 0 Å². The molecule has 1 saturated heterocycles. The summed E-state index contributed by atoms with van der Waals surface area (Å²) in [5.41, 5.74) is 1.28. The van der Waals surface area contributed by atoms with Crippen molar-refractivity contribution in [1.29, 1.82) is 0 Å². The molecule has 1 fully saturated rings. The van der Waals surface area contributed by atoms with Gasteiger partial charge in [0.15, 0.2) is 11.5 Å². The molecule has 1 unspecified atom stereocenters. The monoisotopic (exact) mass is 501 g/mol. The second kappa shape index (κ2) is 9.69. The predicted octanol–water partition coefficient (Wildman–Crippen LogP) is 4.23. The summed E-state index contributed by atoms with van der Waals surface area (Å²) >= 11 is 0. The molecule has 3 aromatic rings. The van der Waals surface area contributed by atoms with E-state index in [-0.39, 0.29) is 30.3 Å². The third-order valence-electron chi connectivity index (χ3n) is 6.16. The van der Waals surface area contributed by atoms with Gasteiger partial charge in [-0.05, 0) is 61.0 Å². The van der Waals surface area contributed by atoms with Gasteiger partial charge < -0.3 is 24.1 Å². The molecule has 37 heavy (non-hydrogen) atoms. The van der Waals surface area contributed by atoms with Crippen LogP contribution in [0.15, 0.2) is 72.3 Å². The van der Waals surface area contributed by atoms with Crippen LogP contribution in [0.1, 0.15) is 34.5 Å². The van der Waals surface area contributed by atoms with E-state index in [9.17, 15) is 19.5 Å². The lowest BCUT2D eigenvalue weighted by molar-refractivity contribution is -0.132. The summed E-state index contributed by atoms with van der Waals surface area (Å²) in [7, 11) is 1.53. The van der Waals surface area contributed by atoms with Crippen LogP contribution in [0.4, 0.5) is 5.69 Å². The maximum absolute atomic E-state index is 13.4. The van der Waals surface area contributed by atoms with Gasteiger partial charge in [-0.3, -0.25) is 14.5 Å². The molecule has 0 saturated carbocycles. The average Bonchev–Trinajstić information content (AvgIpc) is 3.50. The van der Waals surface area contributed by atoms with Crippen LogP contribution in [-0.2, 0) is 14.3 Å². The molecule has 2 aliphatic heterocycles. The Balaban J connectivity index is 1.67. The molecule has 0 radical (unpaired) electrons. The zero-order valence-corrected chi connectivity index (χ0v) is 20.1. The van der Waals surface area contributed by atoms with E-state index in [1.807, 2.05) is 0 Å². The molecular weight excluding hydrogens is 478 g/mol. The second-order valence-corrected chi connectivity index (χ2v) is 8.28. The van der Waals surface area contributed by atoms with Crippen LogP contribution in [-0.4, -0.2) is 43.3 Å². The van der Waals surface area contributed by atoms with E-state index >= 15 is 0 Å². The zero-order valence-electron chi connectivity index (χ0n) is 20.1. The van der Waals surface area contributed by atoms with E-state index in [1.54, 1.807) is 67.6 Å². The van der Waals surface area contributed by atoms with Crippen LogP contribution in [0, 0.1) is 0 Å². The first kappa shape index (κ1) is 23.9. The van der Waals surface area contributed by atoms with Gasteiger partial charge in [0, 0.05) is 11.3 Å². The van der Waals surface area contributed by atoms with Crippen LogP contribution in [0.25, 0.3) is 5.76 Å². The van der Waals surface area contributed by atoms with Crippen molar-refractivity contribution in [2.45, 2.75) is 13.0 Å². The van der Waals surface area contributed by atoms with Crippen molar-refractivity contribution in [3.05, 3.63) is 89.0 Å². The minimum atomic E-state index is -0.978. The van der Waals surface area contributed by atoms with Crippen LogP contribution >= 0.6 is 0 Å². The maximum Gasteiger partial charge on any atom is 0.338 e. The SMILES string of the molecule is CCOC(=O)c1cccc(N2C(=O)C(=O)/C(=C(\O)c3ccc4c(c3)OCO4)C2c2ccc(OC)cc2)c1. The molecule has 2 aliphatic rings. The van der Waals surface area contributed by atoms with Gasteiger partial charge in [0.1, 0.15) is 11.5 Å². The molecule has 9 nitrogen and oxygen atoms in total. The largest absolute Gasteiger partial charge is 0.507 e. The molecule has 9 heteroatoms. The van der Waals surface area contributed by atoms with E-state index < -0.39 is 23.7 Å². The van der Waals surface area contributed by atoms with Crippen molar-refractivity contribution >= 4 is 29.1 Å². The highest BCUT2D eigenvalue weighted by atomic mass is 16.7. The van der Waals surface area contributed by atoms with Gasteiger partial charge in [-0.2, -0.15) is 0 Å². The van der Waals surface area contributed by atoms with Crippen molar-refractivity contribution in [3.8, 4) is 17.2 Å². The quantitative estimate of drug-likeness (QED) is 0.231. The number of anilines is 1. The third kappa shape index (κ3) is 4.24.